The average molecular weight is 341 g/mol. The second kappa shape index (κ2) is 5.63. The first-order chi connectivity index (χ1) is 11.9. The van der Waals surface area contributed by atoms with E-state index in [-0.39, 0.29) is 5.82 Å². The number of pyridine rings is 1. The minimum atomic E-state index is -0.679. The third kappa shape index (κ3) is 2.87. The third-order valence-electron chi connectivity index (χ3n) is 4.28. The van der Waals surface area contributed by atoms with Gasteiger partial charge in [0.15, 0.2) is 0 Å². The van der Waals surface area contributed by atoms with Crippen molar-refractivity contribution in [3.63, 3.8) is 0 Å². The van der Waals surface area contributed by atoms with Crippen LogP contribution in [0.2, 0.25) is 0 Å². The molecule has 6 nitrogen and oxygen atoms in total. The average Bonchev–Trinajstić information content (AvgIpc) is 3.06. The number of halogens is 1. The molecule has 1 aromatic carbocycles. The highest BCUT2D eigenvalue weighted by Crippen LogP contribution is 2.34. The number of ether oxygens (including phenoxy) is 1. The van der Waals surface area contributed by atoms with Gasteiger partial charge in [0.05, 0.1) is 11.7 Å². The summed E-state index contributed by atoms with van der Waals surface area (Å²) in [6.07, 6.45) is 1.39. The van der Waals surface area contributed by atoms with E-state index in [4.69, 9.17) is 9.26 Å². The number of hydrogen-bond donors (Lipinski definition) is 1. The van der Waals surface area contributed by atoms with E-state index in [2.05, 4.69) is 15.1 Å². The van der Waals surface area contributed by atoms with E-state index in [9.17, 15) is 9.50 Å². The Morgan fingerprint density at radius 1 is 1.20 bits per heavy atom. The number of aliphatic hydroxyl groups is 1. The van der Waals surface area contributed by atoms with Gasteiger partial charge in [-0.2, -0.15) is 4.98 Å². The van der Waals surface area contributed by atoms with Crippen LogP contribution in [0.3, 0.4) is 0 Å². The van der Waals surface area contributed by atoms with Gasteiger partial charge in [-0.1, -0.05) is 5.16 Å². The quantitative estimate of drug-likeness (QED) is 0.772. The topological polar surface area (TPSA) is 81.3 Å². The van der Waals surface area contributed by atoms with Crippen molar-refractivity contribution in [1.29, 1.82) is 0 Å². The molecular formula is C18H16FN3O3. The van der Waals surface area contributed by atoms with Crippen molar-refractivity contribution in [2.75, 3.05) is 0 Å². The van der Waals surface area contributed by atoms with Crippen LogP contribution in [0.15, 0.2) is 41.1 Å². The lowest BCUT2D eigenvalue weighted by Crippen LogP contribution is -2.46. The number of hydrogen-bond acceptors (Lipinski definition) is 6. The van der Waals surface area contributed by atoms with Gasteiger partial charge >= 0.3 is 0 Å². The molecule has 128 valence electrons. The Labute approximate surface area is 143 Å². The molecule has 1 atom stereocenters. The molecule has 4 rings (SSSR count). The van der Waals surface area contributed by atoms with Crippen LogP contribution in [0.25, 0.3) is 22.8 Å². The summed E-state index contributed by atoms with van der Waals surface area (Å²) in [6, 6.07) is 7.67. The van der Waals surface area contributed by atoms with Crippen LogP contribution in [0.5, 0.6) is 5.88 Å². The molecule has 3 heterocycles. The summed E-state index contributed by atoms with van der Waals surface area (Å²) in [5.41, 5.74) is 1.39. The van der Waals surface area contributed by atoms with Gasteiger partial charge in [0, 0.05) is 23.7 Å². The predicted octanol–water partition coefficient (Wildman–Crippen LogP) is 3.01. The van der Waals surface area contributed by atoms with Gasteiger partial charge in [-0.05, 0) is 44.2 Å². The van der Waals surface area contributed by atoms with E-state index in [0.29, 0.717) is 35.1 Å². The number of fused-ring (bicyclic) bond motifs is 1. The van der Waals surface area contributed by atoms with Gasteiger partial charge < -0.3 is 14.4 Å². The molecule has 25 heavy (non-hydrogen) atoms. The zero-order valence-corrected chi connectivity index (χ0v) is 13.7. The van der Waals surface area contributed by atoms with Crippen LogP contribution in [0.4, 0.5) is 4.39 Å². The zero-order valence-electron chi connectivity index (χ0n) is 13.7. The summed E-state index contributed by atoms with van der Waals surface area (Å²) in [6.45, 7) is 3.65. The number of benzene rings is 1. The standard InChI is InChI=1S/C18H16FN3O3/c1-18(2)14(23)8-11-7-12(9-20-16(11)24-18)17-21-15(22-25-17)10-3-5-13(19)6-4-10/h3-7,9,14,23H,8H2,1-2H3/t14-/m0/s1. The largest absolute Gasteiger partial charge is 0.469 e. The molecule has 7 heteroatoms. The Hall–Kier alpha value is -2.80. The molecule has 2 aromatic heterocycles. The highest BCUT2D eigenvalue weighted by atomic mass is 19.1. The summed E-state index contributed by atoms with van der Waals surface area (Å²) in [5, 5.41) is 14.1. The van der Waals surface area contributed by atoms with Crippen LogP contribution in [0.1, 0.15) is 19.4 Å². The zero-order chi connectivity index (χ0) is 17.6. The fourth-order valence-corrected chi connectivity index (χ4v) is 2.68. The smallest absolute Gasteiger partial charge is 0.259 e. The second-order valence-corrected chi connectivity index (χ2v) is 6.54. The normalized spacial score (nSPS) is 18.5. The van der Waals surface area contributed by atoms with E-state index < -0.39 is 11.7 Å². The Bertz CT molecular complexity index is 922. The molecule has 1 N–H and O–H groups in total. The summed E-state index contributed by atoms with van der Waals surface area (Å²) in [5.74, 6) is 0.837. The minimum Gasteiger partial charge on any atom is -0.469 e. The second-order valence-electron chi connectivity index (χ2n) is 6.54. The van der Waals surface area contributed by atoms with Crippen LogP contribution >= 0.6 is 0 Å². The lowest BCUT2D eigenvalue weighted by molar-refractivity contribution is -0.0442. The van der Waals surface area contributed by atoms with Gasteiger partial charge in [-0.25, -0.2) is 9.37 Å². The molecule has 0 amide bonds. The van der Waals surface area contributed by atoms with Crippen LogP contribution < -0.4 is 4.74 Å². The number of nitrogens with zero attached hydrogens (tertiary/aromatic N) is 3. The van der Waals surface area contributed by atoms with E-state index in [1.54, 1.807) is 18.3 Å². The van der Waals surface area contributed by atoms with Gasteiger partial charge in [0.1, 0.15) is 11.4 Å². The molecule has 1 aliphatic heterocycles. The Morgan fingerprint density at radius 2 is 1.96 bits per heavy atom. The molecule has 0 unspecified atom stereocenters. The van der Waals surface area contributed by atoms with Crippen molar-refractivity contribution in [2.45, 2.75) is 32.0 Å². The SMILES string of the molecule is CC1(C)Oc2ncc(-c3nc(-c4ccc(F)cc4)no3)cc2C[C@@H]1O. The number of rotatable bonds is 2. The Balaban J connectivity index is 1.65. The maximum atomic E-state index is 13.0. The van der Waals surface area contributed by atoms with Crippen molar-refractivity contribution in [3.05, 3.63) is 47.9 Å². The molecule has 1 aliphatic rings. The molecule has 0 aliphatic carbocycles. The first-order valence-electron chi connectivity index (χ1n) is 7.88. The summed E-state index contributed by atoms with van der Waals surface area (Å²) in [7, 11) is 0. The number of aliphatic hydroxyl groups excluding tert-OH is 1. The van der Waals surface area contributed by atoms with E-state index in [1.807, 2.05) is 19.9 Å². The van der Waals surface area contributed by atoms with E-state index in [0.717, 1.165) is 5.56 Å². The minimum absolute atomic E-state index is 0.300. The summed E-state index contributed by atoms with van der Waals surface area (Å²) in [4.78, 5) is 8.64. The fourth-order valence-electron chi connectivity index (χ4n) is 2.68. The first kappa shape index (κ1) is 15.7. The van der Waals surface area contributed by atoms with Crippen molar-refractivity contribution in [2.24, 2.45) is 0 Å². The maximum Gasteiger partial charge on any atom is 0.259 e. The van der Waals surface area contributed by atoms with Crippen molar-refractivity contribution in [3.8, 4) is 28.7 Å². The Morgan fingerprint density at radius 3 is 2.72 bits per heavy atom. The molecular weight excluding hydrogens is 325 g/mol. The molecule has 3 aromatic rings. The fraction of sp³-hybridized carbons (Fsp3) is 0.278. The maximum absolute atomic E-state index is 13.0. The third-order valence-corrected chi connectivity index (χ3v) is 4.28. The van der Waals surface area contributed by atoms with Crippen LogP contribution in [-0.4, -0.2) is 31.9 Å². The van der Waals surface area contributed by atoms with E-state index in [1.165, 1.54) is 12.1 Å². The molecule has 0 saturated heterocycles. The highest BCUT2D eigenvalue weighted by molar-refractivity contribution is 5.60. The van der Waals surface area contributed by atoms with Crippen LogP contribution in [-0.2, 0) is 6.42 Å². The van der Waals surface area contributed by atoms with Crippen LogP contribution in [0, 0.1) is 5.82 Å². The lowest BCUT2D eigenvalue weighted by Gasteiger charge is -2.36. The van der Waals surface area contributed by atoms with Crippen molar-refractivity contribution in [1.82, 2.24) is 15.1 Å². The van der Waals surface area contributed by atoms with Gasteiger partial charge in [0.2, 0.25) is 11.7 Å². The molecule has 0 saturated carbocycles. The number of aromatic nitrogens is 3. The first-order valence-corrected chi connectivity index (χ1v) is 7.88. The van der Waals surface area contributed by atoms with Crippen molar-refractivity contribution >= 4 is 0 Å². The van der Waals surface area contributed by atoms with Gasteiger partial charge in [0.25, 0.3) is 5.89 Å². The van der Waals surface area contributed by atoms with Crippen molar-refractivity contribution < 1.29 is 18.8 Å². The molecule has 0 bridgehead atoms. The molecule has 0 radical (unpaired) electrons. The monoisotopic (exact) mass is 341 g/mol. The lowest BCUT2D eigenvalue weighted by atomic mass is 9.92. The Kier molecular flexibility index (Phi) is 3.54. The summed E-state index contributed by atoms with van der Waals surface area (Å²) >= 11 is 0. The van der Waals surface area contributed by atoms with Gasteiger partial charge in [-0.15, -0.1) is 0 Å². The molecule has 0 spiro atoms. The predicted molar refractivity (Wildman–Crippen MR) is 87.3 cm³/mol. The van der Waals surface area contributed by atoms with E-state index >= 15 is 0 Å². The highest BCUT2D eigenvalue weighted by Gasteiger charge is 2.36. The van der Waals surface area contributed by atoms with Gasteiger partial charge in [-0.3, -0.25) is 0 Å². The molecule has 0 fully saturated rings. The summed E-state index contributed by atoms with van der Waals surface area (Å²) < 4.78 is 24.1.